The highest BCUT2D eigenvalue weighted by atomic mass is 16.5. The second-order valence-corrected chi connectivity index (χ2v) is 3.22. The van der Waals surface area contributed by atoms with Crippen molar-refractivity contribution in [2.75, 3.05) is 34.3 Å². The topological polar surface area (TPSA) is 24.5 Å². The first kappa shape index (κ1) is 12.9. The molecule has 1 rings (SSSR count). The highest BCUT2D eigenvalue weighted by molar-refractivity contribution is 4.83. The molecule has 3 heteroatoms. The fourth-order valence-electron chi connectivity index (χ4n) is 1.65. The van der Waals surface area contributed by atoms with Crippen LogP contribution in [0.15, 0.2) is 0 Å². The Bertz CT molecular complexity index is 119. The molecule has 2 atom stereocenters. The van der Waals surface area contributed by atoms with Crippen LogP contribution in [-0.4, -0.2) is 51.3 Å². The maximum absolute atomic E-state index is 5.35. The smallest absolute Gasteiger partial charge is 0.0748 e. The zero-order valence-corrected chi connectivity index (χ0v) is 9.63. The number of nitrogens with one attached hydrogen (secondary N) is 1. The molecule has 1 heterocycles. The summed E-state index contributed by atoms with van der Waals surface area (Å²) in [5.41, 5.74) is 0. The molecule has 0 aliphatic carbocycles. The molecule has 0 saturated carbocycles. The fourth-order valence-corrected chi connectivity index (χ4v) is 1.65. The van der Waals surface area contributed by atoms with Gasteiger partial charge in [0.15, 0.2) is 0 Å². The van der Waals surface area contributed by atoms with E-state index in [0.29, 0.717) is 12.1 Å². The van der Waals surface area contributed by atoms with Gasteiger partial charge in [-0.3, -0.25) is 0 Å². The molecule has 80 valence electrons. The average molecular weight is 188 g/mol. The summed E-state index contributed by atoms with van der Waals surface area (Å²) in [6, 6.07) is 0.499. The van der Waals surface area contributed by atoms with Crippen LogP contribution in [0.2, 0.25) is 0 Å². The molecule has 1 aliphatic heterocycles. The van der Waals surface area contributed by atoms with Crippen molar-refractivity contribution in [3.05, 3.63) is 0 Å². The molecule has 0 spiro atoms. The van der Waals surface area contributed by atoms with Gasteiger partial charge >= 0.3 is 0 Å². The van der Waals surface area contributed by atoms with Gasteiger partial charge in [0.05, 0.1) is 6.10 Å². The second-order valence-electron chi connectivity index (χ2n) is 3.22. The summed E-state index contributed by atoms with van der Waals surface area (Å²) < 4.78 is 5.35. The van der Waals surface area contributed by atoms with Gasteiger partial charge in [-0.25, -0.2) is 0 Å². The van der Waals surface area contributed by atoms with Gasteiger partial charge in [-0.2, -0.15) is 0 Å². The molecule has 0 aromatic rings. The molecular weight excluding hydrogens is 164 g/mol. The average Bonchev–Trinajstić information content (AvgIpc) is 2.20. The van der Waals surface area contributed by atoms with Crippen LogP contribution in [0.5, 0.6) is 0 Å². The zero-order valence-electron chi connectivity index (χ0n) is 9.63. The molecule has 0 aromatic carbocycles. The van der Waals surface area contributed by atoms with E-state index in [1.54, 1.807) is 7.11 Å². The van der Waals surface area contributed by atoms with Crippen LogP contribution in [0.25, 0.3) is 0 Å². The van der Waals surface area contributed by atoms with E-state index in [1.807, 2.05) is 20.9 Å². The van der Waals surface area contributed by atoms with E-state index >= 15 is 0 Å². The van der Waals surface area contributed by atoms with Gasteiger partial charge in [0.1, 0.15) is 0 Å². The lowest BCUT2D eigenvalue weighted by molar-refractivity contribution is 0.0217. The molecule has 1 N–H and O–H groups in total. The molecule has 3 nitrogen and oxygen atoms in total. The molecule has 0 radical (unpaired) electrons. The van der Waals surface area contributed by atoms with Gasteiger partial charge in [-0.15, -0.1) is 0 Å². The minimum Gasteiger partial charge on any atom is -0.380 e. The van der Waals surface area contributed by atoms with Crippen LogP contribution in [0.1, 0.15) is 20.3 Å². The number of piperidine rings is 1. The maximum Gasteiger partial charge on any atom is 0.0748 e. The Balaban J connectivity index is 0.000000671. The predicted molar refractivity (Wildman–Crippen MR) is 57.1 cm³/mol. The number of hydrogen-bond acceptors (Lipinski definition) is 3. The van der Waals surface area contributed by atoms with Crippen molar-refractivity contribution in [1.29, 1.82) is 0 Å². The van der Waals surface area contributed by atoms with Gasteiger partial charge in [0.2, 0.25) is 0 Å². The van der Waals surface area contributed by atoms with Crippen molar-refractivity contribution >= 4 is 0 Å². The van der Waals surface area contributed by atoms with Gasteiger partial charge in [-0.05, 0) is 20.5 Å². The predicted octanol–water partition coefficient (Wildman–Crippen LogP) is 0.951. The van der Waals surface area contributed by atoms with E-state index in [4.69, 9.17) is 4.74 Å². The van der Waals surface area contributed by atoms with Crippen LogP contribution in [0.3, 0.4) is 0 Å². The SMILES string of the molecule is CC.CN[C@@H]1CN(C)CC[C@H]1OC. The van der Waals surface area contributed by atoms with E-state index < -0.39 is 0 Å². The second kappa shape index (κ2) is 7.30. The zero-order chi connectivity index (χ0) is 10.3. The number of ether oxygens (including phenoxy) is 1. The summed E-state index contributed by atoms with van der Waals surface area (Å²) in [5, 5.41) is 3.27. The van der Waals surface area contributed by atoms with Crippen LogP contribution >= 0.6 is 0 Å². The first-order chi connectivity index (χ1) is 6.27. The summed E-state index contributed by atoms with van der Waals surface area (Å²) in [5.74, 6) is 0. The lowest BCUT2D eigenvalue weighted by atomic mass is 10.0. The summed E-state index contributed by atoms with van der Waals surface area (Å²) >= 11 is 0. The monoisotopic (exact) mass is 188 g/mol. The van der Waals surface area contributed by atoms with E-state index in [1.165, 1.54) is 0 Å². The van der Waals surface area contributed by atoms with Crippen molar-refractivity contribution in [2.24, 2.45) is 0 Å². The van der Waals surface area contributed by atoms with Crippen LogP contribution in [0.4, 0.5) is 0 Å². The number of rotatable bonds is 2. The van der Waals surface area contributed by atoms with Crippen LogP contribution in [0, 0.1) is 0 Å². The van der Waals surface area contributed by atoms with E-state index in [-0.39, 0.29) is 0 Å². The number of likely N-dealkylation sites (tertiary alicyclic amines) is 1. The Labute approximate surface area is 82.4 Å². The Morgan fingerprint density at radius 3 is 2.46 bits per heavy atom. The maximum atomic E-state index is 5.35. The standard InChI is InChI=1S/C8H18N2O.C2H6/c1-9-7-6-10(2)5-4-8(7)11-3;1-2/h7-9H,4-6H2,1-3H3;1-2H3/t7-,8-;/m1./s1. The first-order valence-corrected chi connectivity index (χ1v) is 5.16. The summed E-state index contributed by atoms with van der Waals surface area (Å²) in [6.45, 7) is 6.24. The highest BCUT2D eigenvalue weighted by Gasteiger charge is 2.25. The third-order valence-corrected chi connectivity index (χ3v) is 2.43. The molecule has 1 fully saturated rings. The molecule has 1 aliphatic rings. The van der Waals surface area contributed by atoms with Gasteiger partial charge in [0, 0.05) is 26.2 Å². The quantitative estimate of drug-likeness (QED) is 0.698. The van der Waals surface area contributed by atoms with E-state index in [9.17, 15) is 0 Å². The Morgan fingerprint density at radius 2 is 2.00 bits per heavy atom. The third kappa shape index (κ3) is 4.07. The van der Waals surface area contributed by atoms with Crippen molar-refractivity contribution in [2.45, 2.75) is 32.4 Å². The molecule has 0 unspecified atom stereocenters. The first-order valence-electron chi connectivity index (χ1n) is 5.16. The van der Waals surface area contributed by atoms with Gasteiger partial charge < -0.3 is 15.0 Å². The molecule has 0 aromatic heterocycles. The van der Waals surface area contributed by atoms with E-state index in [0.717, 1.165) is 19.5 Å². The lowest BCUT2D eigenvalue weighted by Crippen LogP contribution is -2.51. The third-order valence-electron chi connectivity index (χ3n) is 2.43. The van der Waals surface area contributed by atoms with Crippen molar-refractivity contribution in [1.82, 2.24) is 10.2 Å². The Morgan fingerprint density at radius 1 is 1.38 bits per heavy atom. The van der Waals surface area contributed by atoms with Gasteiger partial charge in [0.25, 0.3) is 0 Å². The highest BCUT2D eigenvalue weighted by Crippen LogP contribution is 2.11. The minimum absolute atomic E-state index is 0.399. The van der Waals surface area contributed by atoms with Crippen LogP contribution in [-0.2, 0) is 4.74 Å². The van der Waals surface area contributed by atoms with Crippen molar-refractivity contribution in [3.63, 3.8) is 0 Å². The van der Waals surface area contributed by atoms with Crippen LogP contribution < -0.4 is 5.32 Å². The summed E-state index contributed by atoms with van der Waals surface area (Å²) in [6.07, 6.45) is 1.54. The minimum atomic E-state index is 0.399. The molecule has 0 bridgehead atoms. The summed E-state index contributed by atoms with van der Waals surface area (Å²) in [7, 11) is 5.94. The van der Waals surface area contributed by atoms with Gasteiger partial charge in [-0.1, -0.05) is 13.8 Å². The molecule has 1 saturated heterocycles. The molecule has 0 amide bonds. The number of nitrogens with zero attached hydrogens (tertiary/aromatic N) is 1. The van der Waals surface area contributed by atoms with Crippen molar-refractivity contribution < 1.29 is 4.74 Å². The van der Waals surface area contributed by atoms with Crippen molar-refractivity contribution in [3.8, 4) is 0 Å². The number of methoxy groups -OCH3 is 1. The largest absolute Gasteiger partial charge is 0.380 e. The lowest BCUT2D eigenvalue weighted by Gasteiger charge is -2.35. The normalized spacial score (nSPS) is 29.3. The molecular formula is C10H24N2O. The fraction of sp³-hybridized carbons (Fsp3) is 1.00. The molecule has 13 heavy (non-hydrogen) atoms. The number of likely N-dealkylation sites (N-methyl/N-ethyl adjacent to an activating group) is 2. The summed E-state index contributed by atoms with van der Waals surface area (Å²) in [4.78, 5) is 2.33. The Kier molecular flexibility index (Phi) is 7.23. The number of hydrogen-bond donors (Lipinski definition) is 1. The Hall–Kier alpha value is -0.120. The van der Waals surface area contributed by atoms with E-state index in [2.05, 4.69) is 17.3 Å².